The Morgan fingerprint density at radius 1 is 0.895 bits per heavy atom. The molecule has 4 heterocycles. The fourth-order valence-corrected chi connectivity index (χ4v) is 5.89. The molecule has 5 rings (SSSR count). The second-order valence-electron chi connectivity index (χ2n) is 10.3. The molecule has 0 aromatic heterocycles. The zero-order valence-corrected chi connectivity index (χ0v) is 20.6. The molecule has 3 saturated heterocycles. The summed E-state index contributed by atoms with van der Waals surface area (Å²) < 4.78 is 39.9. The van der Waals surface area contributed by atoms with Gasteiger partial charge in [0.15, 0.2) is 18.7 Å². The molecule has 0 unspecified atom stereocenters. The highest BCUT2D eigenvalue weighted by Gasteiger charge is 2.77. The van der Waals surface area contributed by atoms with Gasteiger partial charge in [0.2, 0.25) is 6.29 Å². The van der Waals surface area contributed by atoms with Crippen LogP contribution in [-0.2, 0) is 38.0 Å². The third-order valence-electron chi connectivity index (χ3n) is 7.98. The van der Waals surface area contributed by atoms with E-state index in [-0.39, 0.29) is 0 Å². The van der Waals surface area contributed by atoms with Gasteiger partial charge in [0.1, 0.15) is 48.3 Å². The predicted molar refractivity (Wildman–Crippen MR) is 117 cm³/mol. The van der Waals surface area contributed by atoms with E-state index in [1.165, 1.54) is 13.2 Å². The molecule has 7 N–H and O–H groups in total. The van der Waals surface area contributed by atoms with Crippen molar-refractivity contribution < 1.29 is 73.7 Å². The molecule has 4 aliphatic heterocycles. The summed E-state index contributed by atoms with van der Waals surface area (Å²) in [4.78, 5) is 11.7. The normalized spacial score (nSPS) is 53.6. The van der Waals surface area contributed by atoms with Crippen LogP contribution in [0.4, 0.5) is 0 Å². The van der Waals surface area contributed by atoms with Gasteiger partial charge in [-0.2, -0.15) is 0 Å². The molecular formula is C23H34O15. The number of hydrogen-bond acceptors (Lipinski definition) is 15. The van der Waals surface area contributed by atoms with E-state index >= 15 is 0 Å². The summed E-state index contributed by atoms with van der Waals surface area (Å²) >= 11 is 0. The highest BCUT2D eigenvalue weighted by atomic mass is 16.8. The standard InChI is InChI=1S/C23H34O15/c1-7-12(27)15(30)18(34-8(2)26)22(33-7)36-17-9-3-4-32-20(11(9)23(6-25)19(17)38-23)37-21-16(31)14(29)13(28)10(5-24)35-21/h3-4,7,9-22,24-25,27-31H,5-6H2,1-2H3/t7-,9+,10+,11+,12-,13+,14-,15+,16+,17-,18+,19-,20-,21-,22-,23+/m0/s1. The van der Waals surface area contributed by atoms with Crippen LogP contribution in [0.2, 0.25) is 0 Å². The number of ether oxygens (including phenoxy) is 7. The summed E-state index contributed by atoms with van der Waals surface area (Å²) in [6.07, 6.45) is -13.6. The number of esters is 1. The average molecular weight is 551 g/mol. The maximum Gasteiger partial charge on any atom is 0.303 e. The van der Waals surface area contributed by atoms with Crippen LogP contribution >= 0.6 is 0 Å². The Labute approximate surface area is 217 Å². The predicted octanol–water partition coefficient (Wildman–Crippen LogP) is -4.17. The van der Waals surface area contributed by atoms with Gasteiger partial charge in [-0.25, -0.2) is 0 Å². The minimum Gasteiger partial charge on any atom is -0.472 e. The summed E-state index contributed by atoms with van der Waals surface area (Å²) in [5.41, 5.74) is -1.19. The molecule has 1 aliphatic carbocycles. The van der Waals surface area contributed by atoms with Gasteiger partial charge in [0.25, 0.3) is 0 Å². The molecule has 0 spiro atoms. The first-order valence-electron chi connectivity index (χ1n) is 12.4. The lowest BCUT2D eigenvalue weighted by Gasteiger charge is -2.44. The lowest BCUT2D eigenvalue weighted by atomic mass is 9.85. The van der Waals surface area contributed by atoms with Crippen LogP contribution in [0.5, 0.6) is 0 Å². The maximum absolute atomic E-state index is 11.7. The Morgan fingerprint density at radius 3 is 2.29 bits per heavy atom. The van der Waals surface area contributed by atoms with Gasteiger partial charge in [-0.15, -0.1) is 0 Å². The van der Waals surface area contributed by atoms with E-state index in [0.29, 0.717) is 0 Å². The first kappa shape index (κ1) is 28.1. The first-order valence-corrected chi connectivity index (χ1v) is 12.4. The Morgan fingerprint density at radius 2 is 1.63 bits per heavy atom. The molecule has 0 radical (unpaired) electrons. The zero-order valence-electron chi connectivity index (χ0n) is 20.6. The molecule has 4 fully saturated rings. The quantitative estimate of drug-likeness (QED) is 0.118. The van der Waals surface area contributed by atoms with E-state index in [9.17, 15) is 40.5 Å². The molecule has 0 amide bonds. The summed E-state index contributed by atoms with van der Waals surface area (Å²) in [5, 5.41) is 71.1. The largest absolute Gasteiger partial charge is 0.472 e. The van der Waals surface area contributed by atoms with Gasteiger partial charge in [-0.3, -0.25) is 4.79 Å². The van der Waals surface area contributed by atoms with E-state index in [1.807, 2.05) is 0 Å². The summed E-state index contributed by atoms with van der Waals surface area (Å²) in [7, 11) is 0. The van der Waals surface area contributed by atoms with Crippen LogP contribution in [0, 0.1) is 11.8 Å². The van der Waals surface area contributed by atoms with Crippen LogP contribution in [0.1, 0.15) is 13.8 Å². The van der Waals surface area contributed by atoms with Crippen molar-refractivity contribution in [3.8, 4) is 0 Å². The number of aliphatic hydroxyl groups is 7. The van der Waals surface area contributed by atoms with Crippen molar-refractivity contribution in [2.45, 2.75) is 99.4 Å². The molecule has 216 valence electrons. The number of fused-ring (bicyclic) bond motifs is 3. The number of epoxide rings is 1. The summed E-state index contributed by atoms with van der Waals surface area (Å²) in [5.74, 6) is -1.96. The Bertz CT molecular complexity index is 900. The number of carbonyl (C=O) groups excluding carboxylic acids is 1. The first-order chi connectivity index (χ1) is 18.0. The van der Waals surface area contributed by atoms with Crippen LogP contribution in [0.3, 0.4) is 0 Å². The lowest BCUT2D eigenvalue weighted by Crippen LogP contribution is -2.60. The monoisotopic (exact) mass is 550 g/mol. The van der Waals surface area contributed by atoms with Crippen molar-refractivity contribution >= 4 is 5.97 Å². The van der Waals surface area contributed by atoms with E-state index in [1.54, 1.807) is 6.08 Å². The van der Waals surface area contributed by atoms with E-state index < -0.39 is 117 Å². The maximum atomic E-state index is 11.7. The van der Waals surface area contributed by atoms with Crippen LogP contribution in [0.25, 0.3) is 0 Å². The second-order valence-corrected chi connectivity index (χ2v) is 10.3. The molecule has 5 aliphatic rings. The third kappa shape index (κ3) is 4.53. The molecule has 16 atom stereocenters. The molecule has 15 nitrogen and oxygen atoms in total. The molecule has 0 aromatic rings. The van der Waals surface area contributed by atoms with Crippen molar-refractivity contribution in [2.75, 3.05) is 13.2 Å². The van der Waals surface area contributed by atoms with E-state index in [2.05, 4.69) is 0 Å². The molecule has 1 saturated carbocycles. The second kappa shape index (κ2) is 10.5. The van der Waals surface area contributed by atoms with Gasteiger partial charge in [-0.1, -0.05) is 0 Å². The number of aliphatic hydroxyl groups excluding tert-OH is 7. The molecular weight excluding hydrogens is 516 g/mol. The van der Waals surface area contributed by atoms with Gasteiger partial charge in [-0.05, 0) is 13.0 Å². The van der Waals surface area contributed by atoms with Gasteiger partial charge < -0.3 is 68.9 Å². The highest BCUT2D eigenvalue weighted by Crippen LogP contribution is 2.61. The molecule has 0 bridgehead atoms. The molecule has 0 aromatic carbocycles. The van der Waals surface area contributed by atoms with E-state index in [0.717, 1.165) is 6.92 Å². The average Bonchev–Trinajstić information content (AvgIpc) is 3.57. The Balaban J connectivity index is 1.36. The third-order valence-corrected chi connectivity index (χ3v) is 7.98. The van der Waals surface area contributed by atoms with E-state index in [4.69, 9.17) is 33.2 Å². The number of carbonyl (C=O) groups is 1. The van der Waals surface area contributed by atoms with Crippen LogP contribution < -0.4 is 0 Å². The van der Waals surface area contributed by atoms with Crippen LogP contribution in [0.15, 0.2) is 12.3 Å². The SMILES string of the molecule is CC(=O)O[C@H]1[C@H](O[C@H]2[C@@H]3C=CO[C@@H](O[C@@H]4O[C@H](CO)[C@@H](O)[C@H](O)[C@H]4O)[C@@H]3[C@@]3(CO)O[C@@H]23)O[C@@H](C)[C@H](O)[C@H]1O. The Hall–Kier alpha value is -1.47. The smallest absolute Gasteiger partial charge is 0.303 e. The number of hydrogen-bond donors (Lipinski definition) is 7. The van der Waals surface area contributed by atoms with Crippen molar-refractivity contribution in [1.29, 1.82) is 0 Å². The van der Waals surface area contributed by atoms with Gasteiger partial charge in [0, 0.05) is 12.8 Å². The van der Waals surface area contributed by atoms with Gasteiger partial charge >= 0.3 is 5.97 Å². The molecule has 15 heteroatoms. The van der Waals surface area contributed by atoms with Crippen molar-refractivity contribution in [1.82, 2.24) is 0 Å². The highest BCUT2D eigenvalue weighted by molar-refractivity contribution is 5.66. The minimum absolute atomic E-state index is 0.457. The topological polar surface area (TPSA) is 227 Å². The Kier molecular flexibility index (Phi) is 7.75. The minimum atomic E-state index is -1.68. The molecule has 38 heavy (non-hydrogen) atoms. The number of rotatable bonds is 7. The van der Waals surface area contributed by atoms with Crippen molar-refractivity contribution in [2.24, 2.45) is 11.8 Å². The summed E-state index contributed by atoms with van der Waals surface area (Å²) in [6, 6.07) is 0. The van der Waals surface area contributed by atoms with Crippen molar-refractivity contribution in [3.63, 3.8) is 0 Å². The summed E-state index contributed by atoms with van der Waals surface area (Å²) in [6.45, 7) is 1.56. The van der Waals surface area contributed by atoms with Gasteiger partial charge in [0.05, 0.1) is 37.6 Å². The van der Waals surface area contributed by atoms with Crippen LogP contribution in [-0.4, -0.2) is 140 Å². The zero-order chi connectivity index (χ0) is 27.5. The van der Waals surface area contributed by atoms with Crippen molar-refractivity contribution in [3.05, 3.63) is 12.3 Å². The lowest BCUT2D eigenvalue weighted by molar-refractivity contribution is -0.347. The fraction of sp³-hybridized carbons (Fsp3) is 0.870. The fourth-order valence-electron chi connectivity index (χ4n) is 5.89.